The molecule has 628 valence electrons. The molecule has 7 aromatic rings. The highest BCUT2D eigenvalue weighted by atomic mass is 32.3. The highest BCUT2D eigenvalue weighted by Crippen LogP contribution is 2.42. The van der Waals surface area contributed by atoms with Gasteiger partial charge in [0.25, 0.3) is 11.8 Å². The number of sulfone groups is 1. The normalized spacial score (nSPS) is 19.1. The van der Waals surface area contributed by atoms with Gasteiger partial charge in [0.05, 0.1) is 154 Å². The van der Waals surface area contributed by atoms with Gasteiger partial charge in [-0.3, -0.25) is 24.4 Å². The Morgan fingerprint density at radius 2 is 1.12 bits per heavy atom. The van der Waals surface area contributed by atoms with Gasteiger partial charge in [0.15, 0.2) is 40.3 Å². The second kappa shape index (κ2) is 40.7. The van der Waals surface area contributed by atoms with E-state index in [1.165, 1.54) is 50.6 Å². The quantitative estimate of drug-likeness (QED) is 0.0218. The van der Waals surface area contributed by atoms with Crippen molar-refractivity contribution in [1.29, 1.82) is 0 Å². The molecule has 2 aromatic heterocycles. The van der Waals surface area contributed by atoms with Crippen LogP contribution in [0, 0.1) is 0 Å². The number of aliphatic hydroxyl groups is 4. The van der Waals surface area contributed by atoms with E-state index in [2.05, 4.69) is 43.7 Å². The summed E-state index contributed by atoms with van der Waals surface area (Å²) in [6, 6.07) is 20.3. The minimum atomic E-state index is -5.28. The maximum absolute atomic E-state index is 14.4. The van der Waals surface area contributed by atoms with Crippen molar-refractivity contribution in [3.05, 3.63) is 149 Å². The van der Waals surface area contributed by atoms with E-state index in [1.54, 1.807) is 75.6 Å². The molecule has 0 aliphatic carbocycles. The zero-order valence-corrected chi connectivity index (χ0v) is 66.0. The minimum absolute atomic E-state index is 0.0496. The van der Waals surface area contributed by atoms with Crippen molar-refractivity contribution < 1.29 is 131 Å². The average molecular weight is 1670 g/mol. The number of hydrogen-bond acceptors (Lipinski definition) is 34. The molecule has 5 aliphatic heterocycles. The number of benzene rings is 5. The van der Waals surface area contributed by atoms with Crippen LogP contribution < -0.4 is 36.8 Å². The zero-order chi connectivity index (χ0) is 82.6. The number of nitrogens with zero attached hydrogens (tertiary/aromatic N) is 9. The first kappa shape index (κ1) is 86.0. The largest absolute Gasteiger partial charge is 0.501 e. The number of hydrogen-bond donors (Lipinski definition) is 4. The van der Waals surface area contributed by atoms with Gasteiger partial charge in [-0.25, -0.2) is 13.1 Å². The van der Waals surface area contributed by atoms with Crippen LogP contribution in [0.15, 0.2) is 135 Å². The smallest absolute Gasteiger partial charge is 0.493 e. The number of rotatable bonds is 46. The number of carbonyl (C=O) groups excluding carboxylic acids is 3. The van der Waals surface area contributed by atoms with Crippen molar-refractivity contribution in [3.8, 4) is 57.5 Å². The number of aromatic nitrogens is 5. The van der Waals surface area contributed by atoms with Crippen LogP contribution in [0.3, 0.4) is 0 Å². The second-order valence-corrected chi connectivity index (χ2v) is 30.4. The summed E-state index contributed by atoms with van der Waals surface area (Å²) in [7, 11) is -6.07. The lowest BCUT2D eigenvalue weighted by molar-refractivity contribution is -0.277. The third-order valence-electron chi connectivity index (χ3n) is 18.6. The standard InChI is InChI=1S/C78H91N9O28S2/c1-48-29-55-39-79-61-37-67(65(99-3)35-59(61)75(93)86(55)41-48)109-45-50-31-51(46-110-68-38-62-60(36-66(68)100-4)76(94)87-42-49(2)30-56(87)40-80-62)33-58(32-50)114-117(97,98)115-69-34-53(10-13-64(69)111-77-73(92)72(91)71(90)70(44-88)112-77)63(89)7-6-15-101-17-19-103-20-18-102-16-14-85-43-54(81-84-85)47-107-26-25-105-22-21-104-23-24-106-27-28-108-57-11-8-52(9-12-57)74-82-83-78(113-74)116(5,95)96/h8-13,31-40,43,55-56,70-73,77,88,90-92H,1-2,6-7,14-30,41-42,44-47H2,3-5H3/t55-,56-,70+,71-,72-,73+,77?/m0/s1. The van der Waals surface area contributed by atoms with Crippen molar-refractivity contribution in [2.45, 2.75) is 100 Å². The molecule has 2 amide bonds. The van der Waals surface area contributed by atoms with Gasteiger partial charge < -0.3 is 109 Å². The Morgan fingerprint density at radius 1 is 0.564 bits per heavy atom. The van der Waals surface area contributed by atoms with Crippen molar-refractivity contribution >= 4 is 61.6 Å². The predicted octanol–water partition coefficient (Wildman–Crippen LogP) is 5.12. The molecule has 3 saturated heterocycles. The Kier molecular flexibility index (Phi) is 29.9. The molecule has 39 heteroatoms. The van der Waals surface area contributed by atoms with Gasteiger partial charge >= 0.3 is 15.6 Å². The van der Waals surface area contributed by atoms with E-state index in [9.17, 15) is 51.6 Å². The fourth-order valence-corrected chi connectivity index (χ4v) is 13.9. The predicted molar refractivity (Wildman–Crippen MR) is 412 cm³/mol. The van der Waals surface area contributed by atoms with Gasteiger partial charge in [-0.05, 0) is 103 Å². The molecule has 37 nitrogen and oxygen atoms in total. The molecule has 0 bridgehead atoms. The van der Waals surface area contributed by atoms with Gasteiger partial charge in [-0.1, -0.05) is 34.6 Å². The summed E-state index contributed by atoms with van der Waals surface area (Å²) < 4.78 is 151. The first-order valence-corrected chi connectivity index (χ1v) is 40.6. The van der Waals surface area contributed by atoms with Crippen LogP contribution in [-0.2, 0) is 84.5 Å². The summed E-state index contributed by atoms with van der Waals surface area (Å²) in [5.41, 5.74) is 4.76. The van der Waals surface area contributed by atoms with Crippen molar-refractivity contribution in [2.24, 2.45) is 9.98 Å². The highest BCUT2D eigenvalue weighted by Gasteiger charge is 2.45. The van der Waals surface area contributed by atoms with Crippen LogP contribution in [0.4, 0.5) is 11.4 Å². The number of ether oxygens (including phenoxy) is 14. The molecule has 5 aromatic carbocycles. The number of amides is 2. The number of methoxy groups -OCH3 is 2. The number of Topliss-reactive ketones (excluding diaryl/α,β-unsaturated/α-hetero) is 1. The number of aliphatic imine (C=N–C) groups is 2. The highest BCUT2D eigenvalue weighted by molar-refractivity contribution is 7.90. The van der Waals surface area contributed by atoms with Gasteiger partial charge in [0.1, 0.15) is 61.4 Å². The molecular weight excluding hydrogens is 1580 g/mol. The third-order valence-corrected chi connectivity index (χ3v) is 20.2. The lowest BCUT2D eigenvalue weighted by atomic mass is 9.99. The maximum Gasteiger partial charge on any atom is 0.501 e. The first-order valence-electron chi connectivity index (χ1n) is 37.3. The van der Waals surface area contributed by atoms with Gasteiger partial charge in [0.2, 0.25) is 22.0 Å². The van der Waals surface area contributed by atoms with Crippen molar-refractivity contribution in [1.82, 2.24) is 35.0 Å². The number of carbonyl (C=O) groups is 3. The Morgan fingerprint density at radius 3 is 1.68 bits per heavy atom. The maximum atomic E-state index is 14.4. The monoisotopic (exact) mass is 1670 g/mol. The number of fused-ring (bicyclic) bond motifs is 4. The summed E-state index contributed by atoms with van der Waals surface area (Å²) in [6.07, 6.45) is -1.45. The lowest BCUT2D eigenvalue weighted by Gasteiger charge is -2.39. The van der Waals surface area contributed by atoms with E-state index in [-0.39, 0.29) is 134 Å². The van der Waals surface area contributed by atoms with E-state index >= 15 is 0 Å². The van der Waals surface area contributed by atoms with Crippen molar-refractivity contribution in [2.75, 3.05) is 133 Å². The van der Waals surface area contributed by atoms with Crippen LogP contribution in [0.2, 0.25) is 0 Å². The molecule has 4 N–H and O–H groups in total. The Balaban J connectivity index is 0.584. The molecule has 0 saturated carbocycles. The zero-order valence-electron chi connectivity index (χ0n) is 64.4. The summed E-state index contributed by atoms with van der Waals surface area (Å²) in [5.74, 6) is -0.995. The van der Waals surface area contributed by atoms with Crippen LogP contribution in [0.1, 0.15) is 73.6 Å². The second-order valence-electron chi connectivity index (χ2n) is 27.4. The Labute approximate surface area is 673 Å². The summed E-state index contributed by atoms with van der Waals surface area (Å²) in [4.78, 5) is 54.1. The van der Waals surface area contributed by atoms with Crippen LogP contribution in [0.5, 0.6) is 46.0 Å². The van der Waals surface area contributed by atoms with Crippen molar-refractivity contribution in [3.63, 3.8) is 0 Å². The first-order chi connectivity index (χ1) is 56.5. The lowest BCUT2D eigenvalue weighted by Crippen LogP contribution is -2.60. The molecule has 7 atom stereocenters. The minimum Gasteiger partial charge on any atom is -0.493 e. The molecular formula is C78H91N9O28S2. The number of ketones is 1. The van der Waals surface area contributed by atoms with Gasteiger partial charge in [-0.2, -0.15) is 0 Å². The molecule has 12 rings (SSSR count). The average Bonchev–Trinajstić information content (AvgIpc) is 1.22. The number of aliphatic hydroxyl groups excluding tert-OH is 4. The van der Waals surface area contributed by atoms with Gasteiger partial charge in [-0.15, -0.1) is 18.6 Å². The van der Waals surface area contributed by atoms with E-state index in [0.29, 0.717) is 138 Å². The molecule has 5 aliphatic rings. The SMILES string of the molecule is C=C1C[C@H]2C=Nc3cc(OCc4cc(COc5cc6c(cc5OC)C(=O)N5CC(=C)C[C@H]5C=N6)cc(OS(=O)(=O)Oc5cc(C(=O)CCCOCCOCCOCCn6cc(COCCOCCOCCOCCOc7ccc(-c8nnc(S(C)(=O)=O)o8)cc7)nn6)ccc5OC5O[C@H](CO)[C@H](O)[C@H](O)[C@H]5O)c4)c(OC)cc3C(=O)N2C1. The van der Waals surface area contributed by atoms with E-state index in [0.717, 1.165) is 23.5 Å². The van der Waals surface area contributed by atoms with Gasteiger partial charge in [0, 0.05) is 68.1 Å². The van der Waals surface area contributed by atoms with Crippen LogP contribution in [0.25, 0.3) is 11.5 Å². The Hall–Kier alpha value is -10.4. The summed E-state index contributed by atoms with van der Waals surface area (Å²) in [5, 5.41) is 57.2. The fraction of sp³-hybridized carbons (Fsp3) is 0.449. The van der Waals surface area contributed by atoms with Crippen LogP contribution in [-0.4, -0.2) is 278 Å². The molecule has 3 fully saturated rings. The van der Waals surface area contributed by atoms with E-state index in [1.807, 2.05) is 0 Å². The molecule has 0 radical (unpaired) electrons. The fourth-order valence-electron chi connectivity index (χ4n) is 12.8. The summed E-state index contributed by atoms with van der Waals surface area (Å²) >= 11 is 0. The molecule has 0 spiro atoms. The third kappa shape index (κ3) is 23.3. The summed E-state index contributed by atoms with van der Waals surface area (Å²) in [6.45, 7) is 12.5. The molecule has 7 heterocycles. The van der Waals surface area contributed by atoms with E-state index < -0.39 is 80.1 Å². The van der Waals surface area contributed by atoms with E-state index in [4.69, 9.17) is 79.1 Å². The van der Waals surface area contributed by atoms with Crippen LogP contribution >= 0.6 is 0 Å². The molecule has 117 heavy (non-hydrogen) atoms. The molecule has 1 unspecified atom stereocenters. The topological polar surface area (TPSA) is 449 Å². The Bertz CT molecular complexity index is 4790.